The van der Waals surface area contributed by atoms with Crippen LogP contribution in [0.25, 0.3) is 0 Å². The number of nitrogens with one attached hydrogen (secondary N) is 2. The van der Waals surface area contributed by atoms with Crippen LogP contribution in [0.4, 0.5) is 10.1 Å². The zero-order valence-electron chi connectivity index (χ0n) is 11.2. The van der Waals surface area contributed by atoms with Gasteiger partial charge in [-0.3, -0.25) is 9.59 Å². The Hall–Kier alpha value is -2.73. The molecule has 0 aliphatic rings. The maximum Gasteiger partial charge on any atom is 0.329 e. The molecule has 0 saturated heterocycles. The molecule has 0 heterocycles. The van der Waals surface area contributed by atoms with E-state index in [4.69, 9.17) is 11.6 Å². The number of nitrogens with zero attached hydrogens (tertiary/aromatic N) is 1. The second-order valence-electron chi connectivity index (χ2n) is 4.18. The molecule has 7 heteroatoms. The van der Waals surface area contributed by atoms with Gasteiger partial charge in [0.15, 0.2) is 0 Å². The van der Waals surface area contributed by atoms with Crippen LogP contribution in [0.1, 0.15) is 5.56 Å². The summed E-state index contributed by atoms with van der Waals surface area (Å²) in [5, 5.41) is 6.29. The second-order valence-corrected chi connectivity index (χ2v) is 4.59. The average Bonchev–Trinajstić information content (AvgIpc) is 2.51. The summed E-state index contributed by atoms with van der Waals surface area (Å²) < 4.78 is 12.7. The number of benzene rings is 2. The highest BCUT2D eigenvalue weighted by Gasteiger charge is 2.13. The van der Waals surface area contributed by atoms with Gasteiger partial charge in [0.25, 0.3) is 0 Å². The van der Waals surface area contributed by atoms with Gasteiger partial charge in [0.1, 0.15) is 5.82 Å². The first kappa shape index (κ1) is 15.7. The summed E-state index contributed by atoms with van der Waals surface area (Å²) in [6.45, 7) is 0. The van der Waals surface area contributed by atoms with E-state index in [1.54, 1.807) is 24.3 Å². The lowest BCUT2D eigenvalue weighted by Gasteiger charge is -2.05. The summed E-state index contributed by atoms with van der Waals surface area (Å²) in [5.74, 6) is -2.22. The molecule has 5 nitrogen and oxygen atoms in total. The zero-order valence-corrected chi connectivity index (χ0v) is 12.0. The molecule has 0 aliphatic heterocycles. The Morgan fingerprint density at radius 2 is 1.73 bits per heavy atom. The summed E-state index contributed by atoms with van der Waals surface area (Å²) >= 11 is 5.86. The van der Waals surface area contributed by atoms with Crippen molar-refractivity contribution in [2.24, 2.45) is 5.10 Å². The quantitative estimate of drug-likeness (QED) is 0.518. The minimum absolute atomic E-state index is 0.318. The van der Waals surface area contributed by atoms with Crippen molar-refractivity contribution in [1.29, 1.82) is 0 Å². The molecule has 0 aliphatic carbocycles. The highest BCUT2D eigenvalue weighted by Crippen LogP contribution is 2.20. The van der Waals surface area contributed by atoms with E-state index in [2.05, 4.69) is 15.8 Å². The molecule has 2 N–H and O–H groups in total. The van der Waals surface area contributed by atoms with Gasteiger partial charge in [-0.05, 0) is 29.8 Å². The van der Waals surface area contributed by atoms with Crippen molar-refractivity contribution in [3.8, 4) is 0 Å². The number of carbonyl (C=O) groups is 2. The fourth-order valence-corrected chi connectivity index (χ4v) is 1.69. The Kier molecular flexibility index (Phi) is 5.21. The van der Waals surface area contributed by atoms with Crippen LogP contribution < -0.4 is 10.7 Å². The van der Waals surface area contributed by atoms with E-state index >= 15 is 0 Å². The van der Waals surface area contributed by atoms with Crippen LogP contribution in [-0.4, -0.2) is 18.0 Å². The number of hydrogen-bond donors (Lipinski definition) is 2. The highest BCUT2D eigenvalue weighted by atomic mass is 35.5. The number of anilines is 1. The maximum absolute atomic E-state index is 12.7. The smallest absolute Gasteiger partial charge is 0.316 e. The predicted molar refractivity (Wildman–Crippen MR) is 82.2 cm³/mol. The minimum atomic E-state index is -0.946. The molecule has 0 atom stereocenters. The summed E-state index contributed by atoms with van der Waals surface area (Å²) in [6, 6.07) is 12.0. The van der Waals surface area contributed by atoms with Gasteiger partial charge in [-0.2, -0.15) is 5.10 Å². The van der Waals surface area contributed by atoms with Gasteiger partial charge in [-0.25, -0.2) is 9.82 Å². The van der Waals surface area contributed by atoms with Crippen LogP contribution in [-0.2, 0) is 9.59 Å². The van der Waals surface area contributed by atoms with Crippen LogP contribution in [0, 0.1) is 5.82 Å². The molecule has 0 unspecified atom stereocenters. The topological polar surface area (TPSA) is 70.6 Å². The molecule has 2 aromatic rings. The fraction of sp³-hybridized carbons (Fsp3) is 0. The first-order valence-corrected chi connectivity index (χ1v) is 6.58. The van der Waals surface area contributed by atoms with Crippen molar-refractivity contribution in [2.75, 3.05) is 5.32 Å². The van der Waals surface area contributed by atoms with Crippen molar-refractivity contribution in [2.45, 2.75) is 0 Å². The zero-order chi connectivity index (χ0) is 15.9. The number of hydrazone groups is 1. The van der Waals surface area contributed by atoms with Crippen molar-refractivity contribution in [1.82, 2.24) is 5.43 Å². The third-order valence-electron chi connectivity index (χ3n) is 2.58. The fourth-order valence-electron chi connectivity index (χ4n) is 1.51. The Morgan fingerprint density at radius 3 is 2.41 bits per heavy atom. The maximum atomic E-state index is 12.7. The van der Waals surface area contributed by atoms with Crippen molar-refractivity contribution < 1.29 is 14.0 Å². The van der Waals surface area contributed by atoms with E-state index in [-0.39, 0.29) is 5.82 Å². The van der Waals surface area contributed by atoms with Gasteiger partial charge in [-0.1, -0.05) is 35.9 Å². The van der Waals surface area contributed by atoms with Crippen LogP contribution in [0.2, 0.25) is 5.02 Å². The van der Waals surface area contributed by atoms with Crippen molar-refractivity contribution >= 4 is 35.3 Å². The van der Waals surface area contributed by atoms with E-state index in [1.807, 2.05) is 0 Å². The minimum Gasteiger partial charge on any atom is -0.316 e. The monoisotopic (exact) mass is 319 g/mol. The Balaban J connectivity index is 1.90. The van der Waals surface area contributed by atoms with E-state index < -0.39 is 11.8 Å². The van der Waals surface area contributed by atoms with Crippen LogP contribution in [0.5, 0.6) is 0 Å². The standard InChI is InChI=1S/C15H11ClFN3O2/c16-12-3-1-2-4-13(12)19-14(21)15(22)20-18-9-10-5-7-11(17)8-6-10/h1-9H,(H,19,21)(H,20,22)/b18-9-. The van der Waals surface area contributed by atoms with Crippen molar-refractivity contribution in [3.63, 3.8) is 0 Å². The van der Waals surface area contributed by atoms with E-state index in [1.165, 1.54) is 30.5 Å². The molecule has 0 aromatic heterocycles. The molecular formula is C15H11ClFN3O2. The molecule has 2 aromatic carbocycles. The van der Waals surface area contributed by atoms with Crippen molar-refractivity contribution in [3.05, 3.63) is 64.9 Å². The number of hydrogen-bond acceptors (Lipinski definition) is 3. The third-order valence-corrected chi connectivity index (χ3v) is 2.91. The van der Waals surface area contributed by atoms with E-state index in [0.717, 1.165) is 0 Å². The average molecular weight is 320 g/mol. The first-order valence-electron chi connectivity index (χ1n) is 6.21. The molecule has 0 fully saturated rings. The lowest BCUT2D eigenvalue weighted by molar-refractivity contribution is -0.136. The second kappa shape index (κ2) is 7.33. The number of carbonyl (C=O) groups excluding carboxylic acids is 2. The molecule has 0 spiro atoms. The molecular weight excluding hydrogens is 309 g/mol. The van der Waals surface area contributed by atoms with Gasteiger partial charge < -0.3 is 5.32 Å². The molecule has 2 rings (SSSR count). The van der Waals surface area contributed by atoms with E-state index in [9.17, 15) is 14.0 Å². The molecule has 0 bridgehead atoms. The SMILES string of the molecule is O=C(N/N=C\c1ccc(F)cc1)C(=O)Nc1ccccc1Cl. The van der Waals surface area contributed by atoms with Crippen LogP contribution >= 0.6 is 11.6 Å². The number of halogens is 2. The summed E-state index contributed by atoms with van der Waals surface area (Å²) in [5.41, 5.74) is 2.97. The molecule has 2 amide bonds. The summed E-state index contributed by atoms with van der Waals surface area (Å²) in [4.78, 5) is 23.2. The Morgan fingerprint density at radius 1 is 1.05 bits per heavy atom. The lowest BCUT2D eigenvalue weighted by Crippen LogP contribution is -2.32. The molecule has 0 saturated carbocycles. The normalized spacial score (nSPS) is 10.5. The van der Waals surface area contributed by atoms with E-state index in [0.29, 0.717) is 16.3 Å². The molecule has 112 valence electrons. The first-order chi connectivity index (χ1) is 10.6. The largest absolute Gasteiger partial charge is 0.329 e. The molecule has 0 radical (unpaired) electrons. The number of rotatable bonds is 3. The Bertz CT molecular complexity index is 717. The highest BCUT2D eigenvalue weighted by molar-refractivity contribution is 6.41. The van der Waals surface area contributed by atoms with Gasteiger partial charge in [0.2, 0.25) is 0 Å². The number of para-hydroxylation sites is 1. The van der Waals surface area contributed by atoms with Crippen LogP contribution in [0.3, 0.4) is 0 Å². The van der Waals surface area contributed by atoms with Gasteiger partial charge >= 0.3 is 11.8 Å². The summed E-state index contributed by atoms with van der Waals surface area (Å²) in [6.07, 6.45) is 1.29. The predicted octanol–water partition coefficient (Wildman–Crippen LogP) is 2.57. The van der Waals surface area contributed by atoms with Gasteiger partial charge in [0, 0.05) is 0 Å². The summed E-state index contributed by atoms with van der Waals surface area (Å²) in [7, 11) is 0. The van der Waals surface area contributed by atoms with Gasteiger partial charge in [0.05, 0.1) is 16.9 Å². The van der Waals surface area contributed by atoms with Crippen LogP contribution in [0.15, 0.2) is 53.6 Å². The van der Waals surface area contributed by atoms with Gasteiger partial charge in [-0.15, -0.1) is 0 Å². The number of amides is 2. The Labute approximate surface area is 130 Å². The third kappa shape index (κ3) is 4.39. The molecule has 22 heavy (non-hydrogen) atoms. The lowest BCUT2D eigenvalue weighted by atomic mass is 10.2.